The summed E-state index contributed by atoms with van der Waals surface area (Å²) >= 11 is 9.41. The molecule has 0 unspecified atom stereocenters. The molecule has 212 valence electrons. The molecule has 4 aromatic rings. The summed E-state index contributed by atoms with van der Waals surface area (Å²) in [6.45, 7) is 2.20. The SMILES string of the molecule is O=C(CN(Cc1ccc(Cl)cc1)S(=O)(=O)c1ccc(Br)cc1)N1CCN(C(c2ccccc2)c2ccccc2)CC1. The van der Waals surface area contributed by atoms with E-state index in [9.17, 15) is 13.2 Å². The van der Waals surface area contributed by atoms with Crippen molar-refractivity contribution >= 4 is 43.5 Å². The van der Waals surface area contributed by atoms with E-state index in [1.165, 1.54) is 15.4 Å². The van der Waals surface area contributed by atoms with Crippen molar-refractivity contribution in [2.45, 2.75) is 17.5 Å². The number of carbonyl (C=O) groups excluding carboxylic acids is 1. The number of sulfonamides is 1. The summed E-state index contributed by atoms with van der Waals surface area (Å²) in [5.74, 6) is -0.213. The van der Waals surface area contributed by atoms with Crippen LogP contribution in [0.5, 0.6) is 0 Å². The molecule has 0 aromatic heterocycles. The number of benzene rings is 4. The van der Waals surface area contributed by atoms with Crippen molar-refractivity contribution in [2.24, 2.45) is 0 Å². The maximum Gasteiger partial charge on any atom is 0.243 e. The van der Waals surface area contributed by atoms with Crippen LogP contribution in [0.2, 0.25) is 5.02 Å². The van der Waals surface area contributed by atoms with E-state index >= 15 is 0 Å². The molecule has 4 aromatic carbocycles. The predicted molar refractivity (Wildman–Crippen MR) is 166 cm³/mol. The van der Waals surface area contributed by atoms with Gasteiger partial charge in [0.25, 0.3) is 0 Å². The van der Waals surface area contributed by atoms with Crippen LogP contribution in [0.4, 0.5) is 0 Å². The molecule has 0 bridgehead atoms. The second-order valence-corrected chi connectivity index (χ2v) is 13.3. The van der Waals surface area contributed by atoms with Gasteiger partial charge in [0.05, 0.1) is 17.5 Å². The maximum absolute atomic E-state index is 13.7. The molecule has 1 fully saturated rings. The third-order valence-electron chi connectivity index (χ3n) is 7.30. The lowest BCUT2D eigenvalue weighted by atomic mass is 9.96. The molecule has 1 amide bonds. The molecule has 9 heteroatoms. The Morgan fingerprint density at radius 3 is 1.85 bits per heavy atom. The minimum atomic E-state index is -3.93. The monoisotopic (exact) mass is 651 g/mol. The second-order valence-electron chi connectivity index (χ2n) is 9.99. The van der Waals surface area contributed by atoms with Crippen LogP contribution in [0.3, 0.4) is 0 Å². The summed E-state index contributed by atoms with van der Waals surface area (Å²) < 4.78 is 29.4. The Kier molecular flexibility index (Phi) is 9.57. The Hall–Kier alpha value is -3.01. The number of hydrogen-bond acceptors (Lipinski definition) is 4. The van der Waals surface area contributed by atoms with E-state index in [2.05, 4.69) is 45.1 Å². The standard InChI is InChI=1S/C32H31BrClN3O3S/c33-28-13-17-30(18-14-28)41(39,40)37(23-25-11-15-29(34)16-12-25)24-31(38)35-19-21-36(22-20-35)32(26-7-3-1-4-8-26)27-9-5-2-6-10-27/h1-18,32H,19-24H2. The normalized spacial score (nSPS) is 14.5. The van der Waals surface area contributed by atoms with Crippen LogP contribution in [-0.2, 0) is 21.4 Å². The van der Waals surface area contributed by atoms with Gasteiger partial charge in [0.15, 0.2) is 0 Å². The Morgan fingerprint density at radius 2 is 1.32 bits per heavy atom. The number of amides is 1. The van der Waals surface area contributed by atoms with E-state index in [0.717, 1.165) is 10.0 Å². The first-order chi connectivity index (χ1) is 19.8. The lowest BCUT2D eigenvalue weighted by Crippen LogP contribution is -2.52. The van der Waals surface area contributed by atoms with Gasteiger partial charge < -0.3 is 4.90 Å². The second kappa shape index (κ2) is 13.3. The van der Waals surface area contributed by atoms with Gasteiger partial charge in [-0.15, -0.1) is 0 Å². The molecule has 1 aliphatic rings. The van der Waals surface area contributed by atoms with E-state index in [-0.39, 0.29) is 29.9 Å². The molecule has 41 heavy (non-hydrogen) atoms. The summed E-state index contributed by atoms with van der Waals surface area (Å²) in [6, 6.07) is 34.3. The van der Waals surface area contributed by atoms with Crippen molar-refractivity contribution in [3.8, 4) is 0 Å². The maximum atomic E-state index is 13.7. The van der Waals surface area contributed by atoms with Crippen molar-refractivity contribution in [3.63, 3.8) is 0 Å². The van der Waals surface area contributed by atoms with Gasteiger partial charge in [-0.3, -0.25) is 9.69 Å². The largest absolute Gasteiger partial charge is 0.339 e. The smallest absolute Gasteiger partial charge is 0.243 e. The van der Waals surface area contributed by atoms with E-state index in [4.69, 9.17) is 11.6 Å². The van der Waals surface area contributed by atoms with Crippen LogP contribution < -0.4 is 0 Å². The highest BCUT2D eigenvalue weighted by atomic mass is 79.9. The molecule has 1 heterocycles. The average Bonchev–Trinajstić information content (AvgIpc) is 3.00. The summed E-state index contributed by atoms with van der Waals surface area (Å²) in [7, 11) is -3.93. The van der Waals surface area contributed by atoms with Crippen LogP contribution in [0, 0.1) is 0 Å². The molecule has 1 saturated heterocycles. The molecule has 0 spiro atoms. The highest BCUT2D eigenvalue weighted by Crippen LogP contribution is 2.30. The molecule has 0 atom stereocenters. The molecular weight excluding hydrogens is 622 g/mol. The number of halogens is 2. The van der Waals surface area contributed by atoms with Gasteiger partial charge in [0.2, 0.25) is 15.9 Å². The zero-order valence-corrected chi connectivity index (χ0v) is 25.6. The fourth-order valence-electron chi connectivity index (χ4n) is 5.14. The number of carbonyl (C=O) groups is 1. The number of rotatable bonds is 9. The third kappa shape index (κ3) is 7.26. The van der Waals surface area contributed by atoms with Crippen molar-refractivity contribution in [1.29, 1.82) is 0 Å². The van der Waals surface area contributed by atoms with E-state index in [1.54, 1.807) is 53.4 Å². The van der Waals surface area contributed by atoms with Gasteiger partial charge in [-0.05, 0) is 53.1 Å². The van der Waals surface area contributed by atoms with E-state index < -0.39 is 10.0 Å². The first-order valence-corrected chi connectivity index (χ1v) is 16.0. The molecule has 6 nitrogen and oxygen atoms in total. The number of hydrogen-bond donors (Lipinski definition) is 0. The highest BCUT2D eigenvalue weighted by Gasteiger charge is 2.32. The zero-order chi connectivity index (χ0) is 28.8. The van der Waals surface area contributed by atoms with Gasteiger partial charge >= 0.3 is 0 Å². The summed E-state index contributed by atoms with van der Waals surface area (Å²) in [5.41, 5.74) is 3.16. The van der Waals surface area contributed by atoms with Gasteiger partial charge in [0.1, 0.15) is 0 Å². The molecular formula is C32H31BrClN3O3S. The van der Waals surface area contributed by atoms with Crippen LogP contribution in [0.1, 0.15) is 22.7 Å². The van der Waals surface area contributed by atoms with Crippen LogP contribution in [-0.4, -0.2) is 61.2 Å². The molecule has 5 rings (SSSR count). The minimum absolute atomic E-state index is 0.0609. The Balaban J connectivity index is 1.32. The third-order valence-corrected chi connectivity index (χ3v) is 9.88. The molecule has 0 N–H and O–H groups in total. The van der Waals surface area contributed by atoms with E-state index in [1.807, 2.05) is 36.4 Å². The van der Waals surface area contributed by atoms with Gasteiger partial charge in [-0.25, -0.2) is 8.42 Å². The number of piperazine rings is 1. The van der Waals surface area contributed by atoms with E-state index in [0.29, 0.717) is 31.2 Å². The quantitative estimate of drug-likeness (QED) is 0.215. The Bertz CT molecular complexity index is 1510. The fraction of sp³-hybridized carbons (Fsp3) is 0.219. The van der Waals surface area contributed by atoms with Gasteiger partial charge in [0, 0.05) is 42.2 Å². The number of nitrogens with zero attached hydrogens (tertiary/aromatic N) is 3. The molecule has 0 aliphatic carbocycles. The van der Waals surface area contributed by atoms with Crippen molar-refractivity contribution in [1.82, 2.24) is 14.1 Å². The summed E-state index contributed by atoms with van der Waals surface area (Å²) in [4.78, 5) is 17.9. The Morgan fingerprint density at radius 1 is 0.780 bits per heavy atom. The fourth-order valence-corrected chi connectivity index (χ4v) is 6.91. The van der Waals surface area contributed by atoms with Crippen LogP contribution >= 0.6 is 27.5 Å². The van der Waals surface area contributed by atoms with Crippen molar-refractivity contribution in [3.05, 3.63) is 135 Å². The van der Waals surface area contributed by atoms with Crippen LogP contribution in [0.15, 0.2) is 119 Å². The summed E-state index contributed by atoms with van der Waals surface area (Å²) in [6.07, 6.45) is 0. The first kappa shape index (κ1) is 29.5. The average molecular weight is 653 g/mol. The lowest BCUT2D eigenvalue weighted by molar-refractivity contribution is -0.133. The first-order valence-electron chi connectivity index (χ1n) is 13.4. The van der Waals surface area contributed by atoms with Gasteiger partial charge in [-0.2, -0.15) is 4.31 Å². The zero-order valence-electron chi connectivity index (χ0n) is 22.4. The van der Waals surface area contributed by atoms with Crippen LogP contribution in [0.25, 0.3) is 0 Å². The molecule has 1 aliphatic heterocycles. The van der Waals surface area contributed by atoms with Crippen molar-refractivity contribution < 1.29 is 13.2 Å². The predicted octanol–water partition coefficient (Wildman–Crippen LogP) is 6.23. The lowest BCUT2D eigenvalue weighted by Gasteiger charge is -2.40. The highest BCUT2D eigenvalue weighted by molar-refractivity contribution is 9.10. The van der Waals surface area contributed by atoms with Gasteiger partial charge in [-0.1, -0.05) is 100 Å². The Labute approximate surface area is 255 Å². The molecule has 0 radical (unpaired) electrons. The minimum Gasteiger partial charge on any atom is -0.339 e. The summed E-state index contributed by atoms with van der Waals surface area (Å²) in [5, 5.41) is 0.564. The van der Waals surface area contributed by atoms with Crippen molar-refractivity contribution in [2.75, 3.05) is 32.7 Å². The topological polar surface area (TPSA) is 60.9 Å². The molecule has 0 saturated carbocycles.